The van der Waals surface area contributed by atoms with Crippen LogP contribution >= 0.6 is 0 Å². The zero-order valence-corrected chi connectivity index (χ0v) is 13.7. The van der Waals surface area contributed by atoms with E-state index in [1.165, 1.54) is 0 Å². The van der Waals surface area contributed by atoms with Crippen LogP contribution in [0.25, 0.3) is 0 Å². The minimum atomic E-state index is -4.87. The van der Waals surface area contributed by atoms with E-state index in [0.29, 0.717) is 39.0 Å². The molecule has 0 radical (unpaired) electrons. The average molecular weight is 348 g/mol. The van der Waals surface area contributed by atoms with Crippen LogP contribution in [0.4, 0.5) is 13.2 Å². The summed E-state index contributed by atoms with van der Waals surface area (Å²) in [6, 6.07) is -0.604. The lowest BCUT2D eigenvalue weighted by atomic mass is 9.87. The Morgan fingerprint density at radius 1 is 1.17 bits per heavy atom. The van der Waals surface area contributed by atoms with E-state index in [0.717, 1.165) is 12.8 Å². The van der Waals surface area contributed by atoms with Gasteiger partial charge in [-0.15, -0.1) is 0 Å². The van der Waals surface area contributed by atoms with Crippen molar-refractivity contribution in [3.8, 4) is 0 Å². The van der Waals surface area contributed by atoms with Crippen molar-refractivity contribution >= 4 is 11.8 Å². The van der Waals surface area contributed by atoms with E-state index in [-0.39, 0.29) is 17.2 Å². The fraction of sp³-hybridized carbons (Fsp3) is 0.875. The number of ether oxygens (including phenoxy) is 1. The summed E-state index contributed by atoms with van der Waals surface area (Å²) in [6.07, 6.45) is -1.61. The van der Waals surface area contributed by atoms with E-state index in [1.807, 2.05) is 11.8 Å². The van der Waals surface area contributed by atoms with Gasteiger partial charge in [-0.25, -0.2) is 0 Å². The fourth-order valence-corrected chi connectivity index (χ4v) is 3.69. The van der Waals surface area contributed by atoms with Gasteiger partial charge >= 0.3 is 12.1 Å². The van der Waals surface area contributed by atoms with Gasteiger partial charge in [-0.1, -0.05) is 6.92 Å². The molecule has 1 N–H and O–H groups in total. The number of piperidine rings is 1. The van der Waals surface area contributed by atoms with Gasteiger partial charge in [-0.05, 0) is 38.0 Å². The van der Waals surface area contributed by atoms with E-state index in [1.54, 1.807) is 0 Å². The number of rotatable bonds is 3. The predicted octanol–water partition coefficient (Wildman–Crippen LogP) is 1.86. The van der Waals surface area contributed by atoms with Gasteiger partial charge < -0.3 is 15.0 Å². The number of alkyl halides is 3. The van der Waals surface area contributed by atoms with Crippen LogP contribution in [0.5, 0.6) is 0 Å². The summed E-state index contributed by atoms with van der Waals surface area (Å²) < 4.78 is 42.9. The molecule has 1 aliphatic carbocycles. The normalized spacial score (nSPS) is 30.2. The molecule has 2 atom stereocenters. The van der Waals surface area contributed by atoms with E-state index >= 15 is 0 Å². The van der Waals surface area contributed by atoms with Crippen molar-refractivity contribution in [2.24, 2.45) is 11.3 Å². The maximum Gasteiger partial charge on any atom is 0.471 e. The van der Waals surface area contributed by atoms with E-state index < -0.39 is 24.2 Å². The molecule has 0 aromatic rings. The van der Waals surface area contributed by atoms with E-state index in [2.05, 4.69) is 5.32 Å². The topological polar surface area (TPSA) is 58.6 Å². The second-order valence-corrected chi connectivity index (χ2v) is 7.39. The quantitative estimate of drug-likeness (QED) is 0.847. The first-order chi connectivity index (χ1) is 11.2. The Kier molecular flexibility index (Phi) is 4.53. The van der Waals surface area contributed by atoms with Crippen LogP contribution < -0.4 is 5.32 Å². The van der Waals surface area contributed by atoms with Gasteiger partial charge in [0.15, 0.2) is 0 Å². The molecule has 3 rings (SSSR count). The summed E-state index contributed by atoms with van der Waals surface area (Å²) >= 11 is 0. The number of likely N-dealkylation sites (tertiary alicyclic amines) is 1. The SMILES string of the molecule is CC1(C(=O)N2CCC([C@@H]3OCC[C@H]3NC(=O)C(F)(F)F)CC2)CC1. The molecule has 0 aromatic carbocycles. The molecule has 1 saturated carbocycles. The average Bonchev–Trinajstić information content (AvgIpc) is 3.11. The highest BCUT2D eigenvalue weighted by atomic mass is 19.4. The second kappa shape index (κ2) is 6.20. The molecule has 2 amide bonds. The highest BCUT2D eigenvalue weighted by Gasteiger charge is 2.48. The van der Waals surface area contributed by atoms with E-state index in [9.17, 15) is 22.8 Å². The number of nitrogens with zero attached hydrogens (tertiary/aromatic N) is 1. The summed E-state index contributed by atoms with van der Waals surface area (Å²) in [5.41, 5.74) is -0.195. The van der Waals surface area contributed by atoms with Crippen molar-refractivity contribution in [2.45, 2.75) is 57.3 Å². The highest BCUT2D eigenvalue weighted by Crippen LogP contribution is 2.47. The van der Waals surface area contributed by atoms with Crippen molar-refractivity contribution in [3.63, 3.8) is 0 Å². The van der Waals surface area contributed by atoms with Crippen molar-refractivity contribution in [2.75, 3.05) is 19.7 Å². The second-order valence-electron chi connectivity index (χ2n) is 7.39. The van der Waals surface area contributed by atoms with E-state index in [4.69, 9.17) is 4.74 Å². The van der Waals surface area contributed by atoms with Gasteiger partial charge in [-0.3, -0.25) is 9.59 Å². The molecule has 5 nitrogen and oxygen atoms in total. The Balaban J connectivity index is 1.53. The molecule has 24 heavy (non-hydrogen) atoms. The smallest absolute Gasteiger partial charge is 0.376 e. The zero-order valence-electron chi connectivity index (χ0n) is 13.7. The molecular formula is C16H23F3N2O3. The number of nitrogens with one attached hydrogen (secondary N) is 1. The molecule has 8 heteroatoms. The number of hydrogen-bond donors (Lipinski definition) is 1. The molecule has 136 valence electrons. The Morgan fingerprint density at radius 3 is 2.33 bits per heavy atom. The largest absolute Gasteiger partial charge is 0.471 e. The maximum absolute atomic E-state index is 12.4. The lowest BCUT2D eigenvalue weighted by molar-refractivity contribution is -0.175. The Morgan fingerprint density at radius 2 is 1.79 bits per heavy atom. The third-order valence-corrected chi connectivity index (χ3v) is 5.52. The summed E-state index contributed by atoms with van der Waals surface area (Å²) in [5, 5.41) is 2.06. The molecule has 2 heterocycles. The highest BCUT2D eigenvalue weighted by molar-refractivity contribution is 5.85. The van der Waals surface area contributed by atoms with Crippen LogP contribution in [0.1, 0.15) is 39.0 Å². The molecule has 0 unspecified atom stereocenters. The molecular weight excluding hydrogens is 325 g/mol. The molecule has 2 aliphatic heterocycles. The standard InChI is InChI=1S/C16H23F3N2O3/c1-15(5-6-15)14(23)21-7-2-10(3-8-21)12-11(4-9-24-12)20-13(22)16(17,18)19/h10-12H,2-9H2,1H3,(H,20,22)/t11-,12+/m1/s1. The first kappa shape index (κ1) is 17.5. The summed E-state index contributed by atoms with van der Waals surface area (Å²) in [7, 11) is 0. The van der Waals surface area contributed by atoms with Crippen LogP contribution in [-0.4, -0.2) is 54.7 Å². The minimum absolute atomic E-state index is 0.0714. The van der Waals surface area contributed by atoms with Crippen molar-refractivity contribution in [1.29, 1.82) is 0 Å². The number of carbonyl (C=O) groups excluding carboxylic acids is 2. The minimum Gasteiger partial charge on any atom is -0.376 e. The molecule has 2 saturated heterocycles. The van der Waals surface area contributed by atoms with Gasteiger partial charge in [0.05, 0.1) is 12.1 Å². The Hall–Kier alpha value is -1.31. The Bertz CT molecular complexity index is 511. The molecule has 0 aromatic heterocycles. The molecule has 0 bridgehead atoms. The molecule has 0 spiro atoms. The number of carbonyl (C=O) groups is 2. The summed E-state index contributed by atoms with van der Waals surface area (Å²) in [5.74, 6) is -1.64. The Labute approximate surface area is 138 Å². The van der Waals surface area contributed by atoms with Gasteiger partial charge in [0.2, 0.25) is 5.91 Å². The van der Waals surface area contributed by atoms with Crippen molar-refractivity contribution in [3.05, 3.63) is 0 Å². The van der Waals surface area contributed by atoms with Gasteiger partial charge in [0.1, 0.15) is 0 Å². The van der Waals surface area contributed by atoms with Crippen LogP contribution in [0, 0.1) is 11.3 Å². The maximum atomic E-state index is 12.4. The lowest BCUT2D eigenvalue weighted by Crippen LogP contribution is -2.51. The van der Waals surface area contributed by atoms with Crippen LogP contribution in [0.15, 0.2) is 0 Å². The van der Waals surface area contributed by atoms with Crippen molar-refractivity contribution < 1.29 is 27.5 Å². The third kappa shape index (κ3) is 3.53. The van der Waals surface area contributed by atoms with Gasteiger partial charge in [0.25, 0.3) is 0 Å². The van der Waals surface area contributed by atoms with Crippen molar-refractivity contribution in [1.82, 2.24) is 10.2 Å². The fourth-order valence-electron chi connectivity index (χ4n) is 3.69. The van der Waals surface area contributed by atoms with Gasteiger partial charge in [-0.2, -0.15) is 13.2 Å². The lowest BCUT2D eigenvalue weighted by Gasteiger charge is -2.37. The van der Waals surface area contributed by atoms with Crippen LogP contribution in [0.3, 0.4) is 0 Å². The number of amides is 2. The molecule has 3 fully saturated rings. The van der Waals surface area contributed by atoms with Gasteiger partial charge in [0, 0.05) is 25.1 Å². The van der Waals surface area contributed by atoms with Crippen LogP contribution in [-0.2, 0) is 14.3 Å². The number of hydrogen-bond acceptors (Lipinski definition) is 3. The predicted molar refractivity (Wildman–Crippen MR) is 79.0 cm³/mol. The summed E-state index contributed by atoms with van der Waals surface area (Å²) in [4.78, 5) is 25.4. The third-order valence-electron chi connectivity index (χ3n) is 5.52. The first-order valence-corrected chi connectivity index (χ1v) is 8.49. The number of halogens is 3. The monoisotopic (exact) mass is 348 g/mol. The zero-order chi connectivity index (χ0) is 17.5. The molecule has 3 aliphatic rings. The first-order valence-electron chi connectivity index (χ1n) is 8.49. The van der Waals surface area contributed by atoms with Crippen LogP contribution in [0.2, 0.25) is 0 Å². The summed E-state index contributed by atoms with van der Waals surface area (Å²) in [6.45, 7) is 3.55.